The van der Waals surface area contributed by atoms with Crippen LogP contribution >= 0.6 is 0 Å². The van der Waals surface area contributed by atoms with Crippen LogP contribution < -0.4 is 4.90 Å². The number of nitrogens with zero attached hydrogens (tertiary/aromatic N) is 2. The molecule has 0 radical (unpaired) electrons. The van der Waals surface area contributed by atoms with Gasteiger partial charge in [-0.15, -0.1) is 0 Å². The maximum atomic E-state index is 4.84. The highest BCUT2D eigenvalue weighted by atomic mass is 15.1. The molecule has 102 valence electrons. The molecule has 0 fully saturated rings. The van der Waals surface area contributed by atoms with E-state index in [2.05, 4.69) is 79.7 Å². The van der Waals surface area contributed by atoms with E-state index in [0.717, 1.165) is 11.0 Å². The van der Waals surface area contributed by atoms with Crippen molar-refractivity contribution in [1.82, 2.24) is 4.98 Å². The summed E-state index contributed by atoms with van der Waals surface area (Å²) in [6.07, 6.45) is 0. The van der Waals surface area contributed by atoms with Crippen LogP contribution in [-0.2, 0) is 0 Å². The Balaban J connectivity index is 2.10. The van der Waals surface area contributed by atoms with Crippen LogP contribution in [0.5, 0.6) is 0 Å². The Bertz CT molecular complexity index is 971. The SMILES string of the molecule is CN(C)c1ccc2cc3c(ccc4ccccc43)nc2c1. The lowest BCUT2D eigenvalue weighted by Crippen LogP contribution is -2.08. The second-order valence-corrected chi connectivity index (χ2v) is 5.61. The van der Waals surface area contributed by atoms with Crippen molar-refractivity contribution in [3.63, 3.8) is 0 Å². The van der Waals surface area contributed by atoms with Gasteiger partial charge in [0.25, 0.3) is 0 Å². The molecule has 4 rings (SSSR count). The number of rotatable bonds is 1. The van der Waals surface area contributed by atoms with Gasteiger partial charge in [-0.25, -0.2) is 4.98 Å². The summed E-state index contributed by atoms with van der Waals surface area (Å²) in [5, 5.41) is 4.93. The molecule has 1 aromatic heterocycles. The van der Waals surface area contributed by atoms with E-state index in [1.807, 2.05) is 0 Å². The van der Waals surface area contributed by atoms with Crippen molar-refractivity contribution >= 4 is 38.3 Å². The third-order valence-electron chi connectivity index (χ3n) is 4.02. The third-order valence-corrected chi connectivity index (χ3v) is 4.02. The number of hydrogen-bond donors (Lipinski definition) is 0. The zero-order valence-corrected chi connectivity index (χ0v) is 12.2. The van der Waals surface area contributed by atoms with Gasteiger partial charge in [0.2, 0.25) is 0 Å². The summed E-state index contributed by atoms with van der Waals surface area (Å²) in [5.41, 5.74) is 3.27. The van der Waals surface area contributed by atoms with E-state index >= 15 is 0 Å². The smallest absolute Gasteiger partial charge is 0.0730 e. The van der Waals surface area contributed by atoms with Gasteiger partial charge in [0.1, 0.15) is 0 Å². The van der Waals surface area contributed by atoms with Gasteiger partial charge in [0.05, 0.1) is 11.0 Å². The van der Waals surface area contributed by atoms with Crippen molar-refractivity contribution in [3.05, 3.63) is 60.7 Å². The second kappa shape index (κ2) is 4.45. The first-order valence-corrected chi connectivity index (χ1v) is 7.12. The Hall–Kier alpha value is -2.61. The van der Waals surface area contributed by atoms with Gasteiger partial charge in [-0.2, -0.15) is 0 Å². The Morgan fingerprint density at radius 3 is 2.38 bits per heavy atom. The molecule has 0 spiro atoms. The van der Waals surface area contributed by atoms with E-state index in [1.54, 1.807) is 0 Å². The first kappa shape index (κ1) is 12.2. The first-order valence-electron chi connectivity index (χ1n) is 7.12. The molecule has 0 amide bonds. The molecule has 0 unspecified atom stereocenters. The molecule has 0 aliphatic carbocycles. The van der Waals surface area contributed by atoms with E-state index < -0.39 is 0 Å². The van der Waals surface area contributed by atoms with Gasteiger partial charge in [-0.1, -0.05) is 36.4 Å². The zero-order valence-electron chi connectivity index (χ0n) is 12.2. The molecule has 21 heavy (non-hydrogen) atoms. The molecule has 0 saturated heterocycles. The topological polar surface area (TPSA) is 16.1 Å². The summed E-state index contributed by atoms with van der Waals surface area (Å²) in [7, 11) is 4.10. The lowest BCUT2D eigenvalue weighted by molar-refractivity contribution is 1.13. The highest BCUT2D eigenvalue weighted by molar-refractivity contribution is 6.09. The quantitative estimate of drug-likeness (QED) is 0.371. The number of fused-ring (bicyclic) bond motifs is 4. The molecule has 4 aromatic rings. The van der Waals surface area contributed by atoms with E-state index in [-0.39, 0.29) is 0 Å². The second-order valence-electron chi connectivity index (χ2n) is 5.61. The zero-order chi connectivity index (χ0) is 14.4. The largest absolute Gasteiger partial charge is 0.378 e. The van der Waals surface area contributed by atoms with Crippen LogP contribution in [0.25, 0.3) is 32.6 Å². The number of aromatic nitrogens is 1. The number of pyridine rings is 1. The molecule has 0 aliphatic rings. The van der Waals surface area contributed by atoms with Crippen LogP contribution in [0.15, 0.2) is 60.7 Å². The van der Waals surface area contributed by atoms with Crippen LogP contribution in [0.1, 0.15) is 0 Å². The third kappa shape index (κ3) is 1.91. The van der Waals surface area contributed by atoms with E-state index in [0.29, 0.717) is 0 Å². The lowest BCUT2D eigenvalue weighted by Gasteiger charge is -2.13. The maximum absolute atomic E-state index is 4.84. The molecule has 0 atom stereocenters. The monoisotopic (exact) mass is 272 g/mol. The van der Waals surface area contributed by atoms with Gasteiger partial charge < -0.3 is 4.90 Å². The van der Waals surface area contributed by atoms with Crippen LogP contribution in [-0.4, -0.2) is 19.1 Å². The van der Waals surface area contributed by atoms with Gasteiger partial charge in [-0.3, -0.25) is 0 Å². The summed E-state index contributed by atoms with van der Waals surface area (Å²) in [6, 6.07) is 21.4. The summed E-state index contributed by atoms with van der Waals surface area (Å²) in [5.74, 6) is 0. The molecule has 2 nitrogen and oxygen atoms in total. The van der Waals surface area contributed by atoms with Crippen molar-refractivity contribution < 1.29 is 0 Å². The van der Waals surface area contributed by atoms with E-state index in [9.17, 15) is 0 Å². The van der Waals surface area contributed by atoms with Gasteiger partial charge in [-0.05, 0) is 35.0 Å². The van der Waals surface area contributed by atoms with E-state index in [4.69, 9.17) is 4.98 Å². The number of hydrogen-bond acceptors (Lipinski definition) is 2. The van der Waals surface area contributed by atoms with Crippen LogP contribution in [0.3, 0.4) is 0 Å². The highest BCUT2D eigenvalue weighted by Crippen LogP contribution is 2.28. The Morgan fingerprint density at radius 2 is 1.52 bits per heavy atom. The van der Waals surface area contributed by atoms with Crippen molar-refractivity contribution in [1.29, 1.82) is 0 Å². The molecular formula is C19H16N2. The fourth-order valence-electron chi connectivity index (χ4n) is 2.85. The summed E-state index contributed by atoms with van der Waals surface area (Å²) >= 11 is 0. The number of benzene rings is 3. The first-order chi connectivity index (χ1) is 10.2. The minimum Gasteiger partial charge on any atom is -0.378 e. The van der Waals surface area contributed by atoms with E-state index in [1.165, 1.54) is 27.2 Å². The predicted octanol–water partition coefficient (Wildman–Crippen LogP) is 4.61. The van der Waals surface area contributed by atoms with Gasteiger partial charge in [0.15, 0.2) is 0 Å². The number of anilines is 1. The molecule has 0 aliphatic heterocycles. The van der Waals surface area contributed by atoms with Crippen LogP contribution in [0.4, 0.5) is 5.69 Å². The molecule has 0 bridgehead atoms. The fraction of sp³-hybridized carbons (Fsp3) is 0.105. The van der Waals surface area contributed by atoms with Crippen molar-refractivity contribution in [3.8, 4) is 0 Å². The summed E-state index contributed by atoms with van der Waals surface area (Å²) in [4.78, 5) is 6.95. The summed E-state index contributed by atoms with van der Waals surface area (Å²) < 4.78 is 0. The van der Waals surface area contributed by atoms with Crippen molar-refractivity contribution in [2.75, 3.05) is 19.0 Å². The Kier molecular flexibility index (Phi) is 2.58. The molecule has 0 saturated carbocycles. The van der Waals surface area contributed by atoms with Crippen molar-refractivity contribution in [2.45, 2.75) is 0 Å². The molecule has 3 aromatic carbocycles. The van der Waals surface area contributed by atoms with Crippen LogP contribution in [0.2, 0.25) is 0 Å². The molecular weight excluding hydrogens is 256 g/mol. The molecule has 0 N–H and O–H groups in total. The fourth-order valence-corrected chi connectivity index (χ4v) is 2.85. The summed E-state index contributed by atoms with van der Waals surface area (Å²) in [6.45, 7) is 0. The Morgan fingerprint density at radius 1 is 0.714 bits per heavy atom. The van der Waals surface area contributed by atoms with Crippen LogP contribution in [0, 0.1) is 0 Å². The van der Waals surface area contributed by atoms with Gasteiger partial charge >= 0.3 is 0 Å². The van der Waals surface area contributed by atoms with Crippen molar-refractivity contribution in [2.24, 2.45) is 0 Å². The average molecular weight is 272 g/mol. The molecule has 2 heteroatoms. The minimum atomic E-state index is 1.05. The normalized spacial score (nSPS) is 11.3. The molecule has 1 heterocycles. The standard InChI is InChI=1S/C19H16N2/c1-21(2)15-9-7-14-11-17-16-6-4-3-5-13(16)8-10-18(17)20-19(14)12-15/h3-12H,1-2H3. The minimum absolute atomic E-state index is 1.05. The average Bonchev–Trinajstić information content (AvgIpc) is 2.52. The lowest BCUT2D eigenvalue weighted by atomic mass is 10.0. The maximum Gasteiger partial charge on any atom is 0.0730 e. The Labute approximate surface area is 123 Å². The predicted molar refractivity (Wildman–Crippen MR) is 91.1 cm³/mol. The van der Waals surface area contributed by atoms with Gasteiger partial charge in [0, 0.05) is 30.6 Å². The highest BCUT2D eigenvalue weighted by Gasteiger charge is 2.05.